The first-order valence-corrected chi connectivity index (χ1v) is 9.13. The summed E-state index contributed by atoms with van der Waals surface area (Å²) in [4.78, 5) is 26.3. The van der Waals surface area contributed by atoms with Gasteiger partial charge in [-0.05, 0) is 29.0 Å². The van der Waals surface area contributed by atoms with Crippen molar-refractivity contribution in [3.8, 4) is 0 Å². The van der Waals surface area contributed by atoms with Crippen LogP contribution in [0, 0.1) is 5.92 Å². The number of carbonyl (C=O) groups is 2. The first-order chi connectivity index (χ1) is 12.5. The highest BCUT2D eigenvalue weighted by Gasteiger charge is 2.40. The second kappa shape index (κ2) is 7.73. The van der Waals surface area contributed by atoms with E-state index in [9.17, 15) is 14.7 Å². The third kappa shape index (κ3) is 3.79. The minimum Gasteiger partial charge on any atom is -0.481 e. The van der Waals surface area contributed by atoms with Gasteiger partial charge in [0.05, 0.1) is 12.0 Å². The molecule has 1 amide bonds. The molecule has 1 aliphatic rings. The molecule has 1 heterocycles. The molecule has 4 nitrogen and oxygen atoms in total. The molecule has 1 fully saturated rings. The van der Waals surface area contributed by atoms with Crippen LogP contribution in [0.2, 0.25) is 0 Å². The van der Waals surface area contributed by atoms with Crippen LogP contribution in [-0.4, -0.2) is 21.9 Å². The van der Waals surface area contributed by atoms with Crippen molar-refractivity contribution in [1.82, 2.24) is 4.90 Å². The van der Waals surface area contributed by atoms with Gasteiger partial charge in [0.15, 0.2) is 0 Å². The van der Waals surface area contributed by atoms with E-state index in [-0.39, 0.29) is 12.3 Å². The van der Waals surface area contributed by atoms with Crippen molar-refractivity contribution in [2.75, 3.05) is 0 Å². The highest BCUT2D eigenvalue weighted by atomic mass is 16.4. The Labute approximate surface area is 154 Å². The molecule has 3 rings (SSSR count). The minimum atomic E-state index is -0.839. The molecule has 0 saturated carbocycles. The van der Waals surface area contributed by atoms with E-state index in [2.05, 4.69) is 13.8 Å². The summed E-state index contributed by atoms with van der Waals surface area (Å²) in [7, 11) is 0. The molecule has 1 N–H and O–H groups in total. The summed E-state index contributed by atoms with van der Waals surface area (Å²) in [5.41, 5.74) is 3.11. The molecule has 0 unspecified atom stereocenters. The second-order valence-electron chi connectivity index (χ2n) is 7.26. The molecule has 0 aromatic heterocycles. The Morgan fingerprint density at radius 3 is 2.35 bits per heavy atom. The van der Waals surface area contributed by atoms with Gasteiger partial charge in [-0.3, -0.25) is 9.59 Å². The maximum atomic E-state index is 12.7. The Bertz CT molecular complexity index is 768. The smallest absolute Gasteiger partial charge is 0.308 e. The molecule has 0 aliphatic carbocycles. The van der Waals surface area contributed by atoms with Crippen LogP contribution < -0.4 is 0 Å². The number of hydrogen-bond donors (Lipinski definition) is 1. The number of aliphatic carboxylic acids is 1. The lowest BCUT2D eigenvalue weighted by molar-refractivity contribution is -0.152. The van der Waals surface area contributed by atoms with Crippen molar-refractivity contribution < 1.29 is 14.7 Å². The van der Waals surface area contributed by atoms with Crippen molar-refractivity contribution in [1.29, 1.82) is 0 Å². The average molecular weight is 351 g/mol. The highest BCUT2D eigenvalue weighted by molar-refractivity contribution is 5.81. The highest BCUT2D eigenvalue weighted by Crippen LogP contribution is 2.38. The summed E-state index contributed by atoms with van der Waals surface area (Å²) >= 11 is 0. The van der Waals surface area contributed by atoms with Gasteiger partial charge >= 0.3 is 5.97 Å². The number of carbonyl (C=O) groups excluding carboxylic acids is 1. The predicted octanol–water partition coefficient (Wildman–Crippen LogP) is 4.37. The van der Waals surface area contributed by atoms with Crippen LogP contribution >= 0.6 is 0 Å². The summed E-state index contributed by atoms with van der Waals surface area (Å²) in [6.07, 6.45) is 0.667. The third-order valence-electron chi connectivity index (χ3n) is 5.16. The van der Waals surface area contributed by atoms with Gasteiger partial charge in [-0.2, -0.15) is 0 Å². The average Bonchev–Trinajstić information content (AvgIpc) is 2.64. The molecule has 1 saturated heterocycles. The second-order valence-corrected chi connectivity index (χ2v) is 7.26. The van der Waals surface area contributed by atoms with E-state index in [4.69, 9.17) is 0 Å². The molecule has 2 aromatic carbocycles. The van der Waals surface area contributed by atoms with Crippen LogP contribution in [0.1, 0.15) is 55.3 Å². The van der Waals surface area contributed by atoms with E-state index in [0.29, 0.717) is 18.9 Å². The van der Waals surface area contributed by atoms with E-state index in [1.807, 2.05) is 54.6 Å². The summed E-state index contributed by atoms with van der Waals surface area (Å²) < 4.78 is 0. The fraction of sp³-hybridized carbons (Fsp3) is 0.364. The summed E-state index contributed by atoms with van der Waals surface area (Å²) in [5, 5.41) is 9.74. The van der Waals surface area contributed by atoms with Crippen molar-refractivity contribution >= 4 is 11.9 Å². The largest absolute Gasteiger partial charge is 0.481 e. The molecule has 0 bridgehead atoms. The zero-order chi connectivity index (χ0) is 18.7. The van der Waals surface area contributed by atoms with Crippen molar-refractivity contribution in [2.45, 2.75) is 45.2 Å². The number of hydrogen-bond acceptors (Lipinski definition) is 2. The number of benzene rings is 2. The quantitative estimate of drug-likeness (QED) is 0.870. The number of likely N-dealkylation sites (tertiary alicyclic amines) is 1. The molecular formula is C22H25NO3. The monoisotopic (exact) mass is 351 g/mol. The lowest BCUT2D eigenvalue weighted by atomic mass is 9.83. The van der Waals surface area contributed by atoms with Crippen LogP contribution in [0.4, 0.5) is 0 Å². The fourth-order valence-electron chi connectivity index (χ4n) is 3.67. The lowest BCUT2D eigenvalue weighted by Crippen LogP contribution is -2.44. The standard InChI is InChI=1S/C22H25NO3/c1-15(2)17-8-10-18(11-9-17)21-19(22(25)26)12-13-20(24)23(21)14-16-6-4-3-5-7-16/h3-11,15,19,21H,12-14H2,1-2H3,(H,25,26)/t19-,21+/m0/s1. The first kappa shape index (κ1) is 18.2. The molecule has 2 atom stereocenters. The van der Waals surface area contributed by atoms with Crippen LogP contribution in [0.5, 0.6) is 0 Å². The Balaban J connectivity index is 1.97. The molecule has 0 radical (unpaired) electrons. The Kier molecular flexibility index (Phi) is 5.40. The molecule has 0 spiro atoms. The lowest BCUT2D eigenvalue weighted by Gasteiger charge is -2.40. The van der Waals surface area contributed by atoms with E-state index < -0.39 is 17.9 Å². The number of carboxylic acid groups (broad SMARTS) is 1. The Hall–Kier alpha value is -2.62. The first-order valence-electron chi connectivity index (χ1n) is 9.13. The topological polar surface area (TPSA) is 57.6 Å². The van der Waals surface area contributed by atoms with Crippen LogP contribution in [-0.2, 0) is 16.1 Å². The van der Waals surface area contributed by atoms with E-state index >= 15 is 0 Å². The van der Waals surface area contributed by atoms with E-state index in [1.54, 1.807) is 4.90 Å². The number of nitrogens with zero attached hydrogens (tertiary/aromatic N) is 1. The molecule has 2 aromatic rings. The van der Waals surface area contributed by atoms with Gasteiger partial charge in [-0.15, -0.1) is 0 Å². The zero-order valence-corrected chi connectivity index (χ0v) is 15.3. The van der Waals surface area contributed by atoms with Crippen LogP contribution in [0.15, 0.2) is 54.6 Å². The minimum absolute atomic E-state index is 0.0179. The van der Waals surface area contributed by atoms with Crippen molar-refractivity contribution in [3.63, 3.8) is 0 Å². The van der Waals surface area contributed by atoms with Crippen molar-refractivity contribution in [2.24, 2.45) is 5.92 Å². The SMILES string of the molecule is CC(C)c1ccc([C@@H]2[C@@H](C(=O)O)CCC(=O)N2Cc2ccccc2)cc1. The predicted molar refractivity (Wildman–Crippen MR) is 101 cm³/mol. The molecule has 4 heteroatoms. The van der Waals surface area contributed by atoms with Crippen molar-refractivity contribution in [3.05, 3.63) is 71.3 Å². The summed E-state index contributed by atoms with van der Waals surface area (Å²) in [6.45, 7) is 4.68. The maximum absolute atomic E-state index is 12.7. The third-order valence-corrected chi connectivity index (χ3v) is 5.16. The van der Waals surface area contributed by atoms with Gasteiger partial charge in [0.2, 0.25) is 5.91 Å². The number of amides is 1. The van der Waals surface area contributed by atoms with Gasteiger partial charge < -0.3 is 10.0 Å². The Morgan fingerprint density at radius 2 is 1.77 bits per heavy atom. The van der Waals surface area contributed by atoms with Gasteiger partial charge in [0.1, 0.15) is 0 Å². The summed E-state index contributed by atoms with van der Waals surface area (Å²) in [5.74, 6) is -0.994. The van der Waals surface area contributed by atoms with Crippen LogP contribution in [0.25, 0.3) is 0 Å². The van der Waals surface area contributed by atoms with Gasteiger partial charge in [0.25, 0.3) is 0 Å². The molecule has 1 aliphatic heterocycles. The van der Waals surface area contributed by atoms with Gasteiger partial charge in [0, 0.05) is 13.0 Å². The molecule has 136 valence electrons. The van der Waals surface area contributed by atoms with Gasteiger partial charge in [-0.1, -0.05) is 68.4 Å². The fourth-order valence-corrected chi connectivity index (χ4v) is 3.67. The molecular weight excluding hydrogens is 326 g/mol. The molecule has 26 heavy (non-hydrogen) atoms. The van der Waals surface area contributed by atoms with Crippen LogP contribution in [0.3, 0.4) is 0 Å². The number of carboxylic acids is 1. The number of piperidine rings is 1. The maximum Gasteiger partial charge on any atom is 0.308 e. The normalized spacial score (nSPS) is 20.4. The van der Waals surface area contributed by atoms with E-state index in [0.717, 1.165) is 11.1 Å². The Morgan fingerprint density at radius 1 is 1.12 bits per heavy atom. The number of rotatable bonds is 5. The summed E-state index contributed by atoms with van der Waals surface area (Å²) in [6, 6.07) is 17.3. The van der Waals surface area contributed by atoms with Gasteiger partial charge in [-0.25, -0.2) is 0 Å². The van der Waals surface area contributed by atoms with E-state index in [1.165, 1.54) is 5.56 Å². The zero-order valence-electron chi connectivity index (χ0n) is 15.3.